The summed E-state index contributed by atoms with van der Waals surface area (Å²) >= 11 is 0. The van der Waals surface area contributed by atoms with Crippen molar-refractivity contribution in [2.45, 2.75) is 17.4 Å². The minimum Gasteiger partial charge on any atom is -0.315 e. The van der Waals surface area contributed by atoms with Gasteiger partial charge in [0.2, 0.25) is 10.0 Å². The van der Waals surface area contributed by atoms with Gasteiger partial charge in [-0.2, -0.15) is 0 Å². The summed E-state index contributed by atoms with van der Waals surface area (Å²) in [5, 5.41) is 2.93. The fourth-order valence-corrected chi connectivity index (χ4v) is 3.09. The predicted octanol–water partition coefficient (Wildman–Crippen LogP) is 0.744. The van der Waals surface area contributed by atoms with E-state index in [1.165, 1.54) is 0 Å². The third-order valence-electron chi connectivity index (χ3n) is 2.67. The minimum absolute atomic E-state index is 0.373. The zero-order valence-electron chi connectivity index (χ0n) is 9.21. The van der Waals surface area contributed by atoms with E-state index >= 15 is 0 Å². The molecule has 0 radical (unpaired) electrons. The van der Waals surface area contributed by atoms with Crippen LogP contribution in [0.1, 0.15) is 6.42 Å². The van der Waals surface area contributed by atoms with E-state index in [9.17, 15) is 21.6 Å². The number of halogens is 3. The zero-order valence-corrected chi connectivity index (χ0v) is 10.0. The maximum atomic E-state index is 13.4. The van der Waals surface area contributed by atoms with Crippen molar-refractivity contribution in [1.82, 2.24) is 10.0 Å². The van der Waals surface area contributed by atoms with Crippen molar-refractivity contribution in [3.8, 4) is 0 Å². The summed E-state index contributed by atoms with van der Waals surface area (Å²) in [5.74, 6) is -4.91. The van der Waals surface area contributed by atoms with E-state index in [0.29, 0.717) is 31.6 Å². The first-order valence-electron chi connectivity index (χ1n) is 5.28. The molecule has 1 saturated heterocycles. The summed E-state index contributed by atoms with van der Waals surface area (Å²) in [6, 6.07) is 0.917. The molecule has 4 nitrogen and oxygen atoms in total. The number of hydrogen-bond donors (Lipinski definition) is 2. The highest BCUT2D eigenvalue weighted by Gasteiger charge is 2.27. The van der Waals surface area contributed by atoms with E-state index in [-0.39, 0.29) is 6.04 Å². The Morgan fingerprint density at radius 2 is 1.94 bits per heavy atom. The van der Waals surface area contributed by atoms with E-state index in [4.69, 9.17) is 0 Å². The van der Waals surface area contributed by atoms with Gasteiger partial charge in [0, 0.05) is 12.6 Å². The second-order valence-electron chi connectivity index (χ2n) is 3.98. The Morgan fingerprint density at radius 1 is 1.22 bits per heavy atom. The van der Waals surface area contributed by atoms with Crippen LogP contribution >= 0.6 is 0 Å². The van der Waals surface area contributed by atoms with Crippen molar-refractivity contribution in [2.24, 2.45) is 0 Å². The molecule has 0 spiro atoms. The number of rotatable bonds is 3. The van der Waals surface area contributed by atoms with Gasteiger partial charge in [0.1, 0.15) is 4.90 Å². The molecule has 0 unspecified atom stereocenters. The van der Waals surface area contributed by atoms with Crippen molar-refractivity contribution in [2.75, 3.05) is 13.1 Å². The average Bonchev–Trinajstić information content (AvgIpc) is 2.77. The Balaban J connectivity index is 2.32. The molecule has 1 aromatic carbocycles. The van der Waals surface area contributed by atoms with E-state index < -0.39 is 32.4 Å². The van der Waals surface area contributed by atoms with Gasteiger partial charge in [-0.3, -0.25) is 0 Å². The molecule has 8 heteroatoms. The third-order valence-corrected chi connectivity index (χ3v) is 4.21. The van der Waals surface area contributed by atoms with Crippen LogP contribution in [0.3, 0.4) is 0 Å². The van der Waals surface area contributed by atoms with E-state index in [2.05, 4.69) is 10.0 Å². The van der Waals surface area contributed by atoms with Crippen molar-refractivity contribution < 1.29 is 21.6 Å². The lowest BCUT2D eigenvalue weighted by molar-refractivity contribution is 0.431. The predicted molar refractivity (Wildman–Crippen MR) is 57.9 cm³/mol. The van der Waals surface area contributed by atoms with Crippen LogP contribution in [0.25, 0.3) is 0 Å². The van der Waals surface area contributed by atoms with Gasteiger partial charge in [-0.15, -0.1) is 0 Å². The molecule has 0 aliphatic carbocycles. The SMILES string of the molecule is O=S(=O)(N[C@H]1CCNC1)c1ccc(F)c(F)c1F. The standard InChI is InChI=1S/C10H11F3N2O2S/c11-7-1-2-8(10(13)9(7)12)18(16,17)15-6-3-4-14-5-6/h1-2,6,14-15H,3-5H2/t6-/m0/s1. The summed E-state index contributed by atoms with van der Waals surface area (Å²) in [4.78, 5) is -0.881. The molecule has 2 rings (SSSR count). The molecule has 1 aliphatic rings. The van der Waals surface area contributed by atoms with Crippen molar-refractivity contribution in [3.63, 3.8) is 0 Å². The lowest BCUT2D eigenvalue weighted by atomic mass is 10.3. The Kier molecular flexibility index (Phi) is 3.60. The Morgan fingerprint density at radius 3 is 2.56 bits per heavy atom. The molecule has 0 saturated carbocycles. The fraction of sp³-hybridized carbons (Fsp3) is 0.400. The zero-order chi connectivity index (χ0) is 13.3. The molecular weight excluding hydrogens is 269 g/mol. The van der Waals surface area contributed by atoms with Gasteiger partial charge in [-0.25, -0.2) is 26.3 Å². The number of sulfonamides is 1. The summed E-state index contributed by atoms with van der Waals surface area (Å²) in [6.45, 7) is 1.07. The van der Waals surface area contributed by atoms with E-state index in [0.717, 1.165) is 0 Å². The molecule has 0 aromatic heterocycles. The van der Waals surface area contributed by atoms with Crippen LogP contribution in [-0.4, -0.2) is 27.5 Å². The fourth-order valence-electron chi connectivity index (χ4n) is 1.75. The summed E-state index contributed by atoms with van der Waals surface area (Å²) < 4.78 is 64.9. The van der Waals surface area contributed by atoms with Crippen LogP contribution in [0.5, 0.6) is 0 Å². The first kappa shape index (κ1) is 13.3. The maximum absolute atomic E-state index is 13.4. The molecule has 1 fully saturated rings. The van der Waals surface area contributed by atoms with Crippen LogP contribution in [0, 0.1) is 17.5 Å². The number of benzene rings is 1. The largest absolute Gasteiger partial charge is 0.315 e. The molecule has 1 heterocycles. The molecule has 2 N–H and O–H groups in total. The molecule has 1 aromatic rings. The average molecular weight is 280 g/mol. The molecule has 1 aliphatic heterocycles. The van der Waals surface area contributed by atoms with Gasteiger partial charge in [-0.05, 0) is 25.1 Å². The maximum Gasteiger partial charge on any atom is 0.243 e. The third kappa shape index (κ3) is 2.50. The molecule has 0 amide bonds. The van der Waals surface area contributed by atoms with Gasteiger partial charge in [-0.1, -0.05) is 0 Å². The second kappa shape index (κ2) is 4.87. The van der Waals surface area contributed by atoms with Crippen LogP contribution < -0.4 is 10.0 Å². The quantitative estimate of drug-likeness (QED) is 0.803. The minimum atomic E-state index is -4.19. The smallest absolute Gasteiger partial charge is 0.243 e. The topological polar surface area (TPSA) is 58.2 Å². The lowest BCUT2D eigenvalue weighted by Crippen LogP contribution is -2.36. The normalized spacial score (nSPS) is 20.3. The Hall–Kier alpha value is -1.12. The van der Waals surface area contributed by atoms with Crippen LogP contribution in [0.4, 0.5) is 13.2 Å². The Labute approximate surface area is 102 Å². The highest BCUT2D eigenvalue weighted by atomic mass is 32.2. The van der Waals surface area contributed by atoms with E-state index in [1.54, 1.807) is 0 Å². The molecule has 0 bridgehead atoms. The van der Waals surface area contributed by atoms with E-state index in [1.807, 2.05) is 0 Å². The highest BCUT2D eigenvalue weighted by molar-refractivity contribution is 7.89. The van der Waals surface area contributed by atoms with Crippen LogP contribution in [0.2, 0.25) is 0 Å². The van der Waals surface area contributed by atoms with Gasteiger partial charge in [0.15, 0.2) is 17.5 Å². The second-order valence-corrected chi connectivity index (χ2v) is 5.67. The van der Waals surface area contributed by atoms with Crippen molar-refractivity contribution in [1.29, 1.82) is 0 Å². The van der Waals surface area contributed by atoms with Gasteiger partial charge < -0.3 is 5.32 Å². The molecule has 1 atom stereocenters. The van der Waals surface area contributed by atoms with Gasteiger partial charge >= 0.3 is 0 Å². The number of nitrogens with one attached hydrogen (secondary N) is 2. The first-order valence-corrected chi connectivity index (χ1v) is 6.76. The van der Waals surface area contributed by atoms with Crippen LogP contribution in [0.15, 0.2) is 17.0 Å². The molecular formula is C10H11F3N2O2S. The Bertz CT molecular complexity index is 556. The van der Waals surface area contributed by atoms with Crippen molar-refractivity contribution in [3.05, 3.63) is 29.6 Å². The first-order chi connectivity index (χ1) is 8.42. The summed E-state index contributed by atoms with van der Waals surface area (Å²) in [7, 11) is -4.19. The molecule has 100 valence electrons. The van der Waals surface area contributed by atoms with Gasteiger partial charge in [0.05, 0.1) is 0 Å². The van der Waals surface area contributed by atoms with Crippen LogP contribution in [-0.2, 0) is 10.0 Å². The monoisotopic (exact) mass is 280 g/mol. The highest BCUT2D eigenvalue weighted by Crippen LogP contribution is 2.20. The lowest BCUT2D eigenvalue weighted by Gasteiger charge is -2.12. The van der Waals surface area contributed by atoms with Gasteiger partial charge in [0.25, 0.3) is 0 Å². The summed E-state index contributed by atoms with van der Waals surface area (Å²) in [6.07, 6.45) is 0.560. The molecule has 18 heavy (non-hydrogen) atoms. The summed E-state index contributed by atoms with van der Waals surface area (Å²) in [5.41, 5.74) is 0. The van der Waals surface area contributed by atoms with Crippen molar-refractivity contribution >= 4 is 10.0 Å². The number of hydrogen-bond acceptors (Lipinski definition) is 3.